The van der Waals surface area contributed by atoms with Crippen molar-refractivity contribution in [2.24, 2.45) is 5.92 Å². The first-order valence-electron chi connectivity index (χ1n) is 7.41. The summed E-state index contributed by atoms with van der Waals surface area (Å²) in [5.74, 6) is 1.32. The molecule has 2 aromatic heterocycles. The second kappa shape index (κ2) is 4.66. The van der Waals surface area contributed by atoms with Crippen LogP contribution in [-0.2, 0) is 17.8 Å². The van der Waals surface area contributed by atoms with E-state index >= 15 is 0 Å². The number of nitrogens with zero attached hydrogens (tertiary/aromatic N) is 3. The molecule has 1 fully saturated rings. The van der Waals surface area contributed by atoms with Crippen LogP contribution in [0.2, 0.25) is 0 Å². The van der Waals surface area contributed by atoms with Gasteiger partial charge in [0.05, 0.1) is 5.39 Å². The Balaban J connectivity index is 1.72. The van der Waals surface area contributed by atoms with Crippen LogP contribution in [0, 0.1) is 12.8 Å². The Bertz CT molecular complexity index is 788. The van der Waals surface area contributed by atoms with Crippen LogP contribution in [0.3, 0.4) is 0 Å². The zero-order chi connectivity index (χ0) is 14.6. The van der Waals surface area contributed by atoms with Crippen LogP contribution in [0.25, 0.3) is 10.2 Å². The molecule has 0 N–H and O–H groups in total. The molecule has 4 rings (SSSR count). The molecule has 21 heavy (non-hydrogen) atoms. The van der Waals surface area contributed by atoms with Crippen molar-refractivity contribution in [3.63, 3.8) is 0 Å². The lowest BCUT2D eigenvalue weighted by atomic mass is 10.2. The second-order valence-corrected chi connectivity index (χ2v) is 6.79. The number of fused-ring (bicyclic) bond motifs is 2. The van der Waals surface area contributed by atoms with Gasteiger partial charge in [-0.15, -0.1) is 11.3 Å². The van der Waals surface area contributed by atoms with Crippen molar-refractivity contribution in [3.8, 4) is 0 Å². The summed E-state index contributed by atoms with van der Waals surface area (Å²) in [6, 6.07) is 0. The Morgan fingerprint density at radius 2 is 2.14 bits per heavy atom. The standard InChI is InChI=1S/C15H17N3O2S/c1-9-8-21-13-12(9)15(20)18-7-6-17(5-4-11(18)16-13)14(19)10-2-3-10/h8,10H,2-7H2,1H3. The molecule has 0 radical (unpaired) electrons. The minimum atomic E-state index is 0.0504. The van der Waals surface area contributed by atoms with Crippen molar-refractivity contribution >= 4 is 27.5 Å². The molecule has 0 unspecified atom stereocenters. The Morgan fingerprint density at radius 1 is 1.33 bits per heavy atom. The highest BCUT2D eigenvalue weighted by Crippen LogP contribution is 2.31. The normalized spacial score (nSPS) is 18.6. The van der Waals surface area contributed by atoms with Gasteiger partial charge in [-0.3, -0.25) is 14.2 Å². The Labute approximate surface area is 126 Å². The smallest absolute Gasteiger partial charge is 0.262 e. The largest absolute Gasteiger partial charge is 0.340 e. The molecule has 2 aliphatic rings. The van der Waals surface area contributed by atoms with Gasteiger partial charge in [-0.2, -0.15) is 0 Å². The lowest BCUT2D eigenvalue weighted by molar-refractivity contribution is -0.132. The molecule has 5 nitrogen and oxygen atoms in total. The fraction of sp³-hybridized carbons (Fsp3) is 0.533. The van der Waals surface area contributed by atoms with E-state index in [2.05, 4.69) is 4.98 Å². The molecule has 1 aliphatic heterocycles. The van der Waals surface area contributed by atoms with Crippen molar-refractivity contribution in [1.82, 2.24) is 14.5 Å². The van der Waals surface area contributed by atoms with Gasteiger partial charge in [-0.05, 0) is 30.7 Å². The van der Waals surface area contributed by atoms with E-state index in [0.717, 1.165) is 34.4 Å². The first-order chi connectivity index (χ1) is 10.1. The monoisotopic (exact) mass is 303 g/mol. The average Bonchev–Trinajstić information content (AvgIpc) is 3.26. The SMILES string of the molecule is Cc1csc2nc3n(c(=O)c12)CCN(C(=O)C1CC1)CC3. The summed E-state index contributed by atoms with van der Waals surface area (Å²) < 4.78 is 1.77. The third kappa shape index (κ3) is 2.09. The minimum Gasteiger partial charge on any atom is -0.340 e. The number of aryl methyl sites for hydroxylation is 1. The lowest BCUT2D eigenvalue weighted by Gasteiger charge is -2.19. The maximum Gasteiger partial charge on any atom is 0.262 e. The van der Waals surface area contributed by atoms with Crippen molar-refractivity contribution in [3.05, 3.63) is 27.1 Å². The summed E-state index contributed by atoms with van der Waals surface area (Å²) in [6.45, 7) is 3.82. The molecule has 1 aliphatic carbocycles. The fourth-order valence-corrected chi connectivity index (χ4v) is 3.93. The number of carbonyl (C=O) groups excluding carboxylic acids is 1. The number of rotatable bonds is 1. The number of carbonyl (C=O) groups is 1. The van der Waals surface area contributed by atoms with Crippen LogP contribution in [0.15, 0.2) is 10.2 Å². The highest BCUT2D eigenvalue weighted by atomic mass is 32.1. The molecule has 3 heterocycles. The van der Waals surface area contributed by atoms with E-state index in [1.54, 1.807) is 4.57 Å². The average molecular weight is 303 g/mol. The Morgan fingerprint density at radius 3 is 2.90 bits per heavy atom. The molecule has 2 aromatic rings. The zero-order valence-corrected chi connectivity index (χ0v) is 12.8. The fourth-order valence-electron chi connectivity index (χ4n) is 3.00. The molecular formula is C15H17N3O2S. The van der Waals surface area contributed by atoms with Gasteiger partial charge in [0.1, 0.15) is 10.7 Å². The van der Waals surface area contributed by atoms with Crippen LogP contribution in [-0.4, -0.2) is 33.4 Å². The van der Waals surface area contributed by atoms with Gasteiger partial charge >= 0.3 is 0 Å². The van der Waals surface area contributed by atoms with E-state index in [9.17, 15) is 9.59 Å². The third-order valence-corrected chi connectivity index (χ3v) is 5.38. The van der Waals surface area contributed by atoms with E-state index in [1.807, 2.05) is 17.2 Å². The number of thiophene rings is 1. The lowest BCUT2D eigenvalue weighted by Crippen LogP contribution is -2.35. The third-order valence-electron chi connectivity index (χ3n) is 4.39. The van der Waals surface area contributed by atoms with E-state index in [-0.39, 0.29) is 17.4 Å². The summed E-state index contributed by atoms with van der Waals surface area (Å²) in [5.41, 5.74) is 1.05. The predicted molar refractivity (Wildman–Crippen MR) is 81.6 cm³/mol. The van der Waals surface area contributed by atoms with Gasteiger partial charge in [-0.25, -0.2) is 4.98 Å². The van der Waals surface area contributed by atoms with E-state index in [4.69, 9.17) is 0 Å². The van der Waals surface area contributed by atoms with Gasteiger partial charge < -0.3 is 4.90 Å². The van der Waals surface area contributed by atoms with Crippen molar-refractivity contribution in [2.45, 2.75) is 32.7 Å². The van der Waals surface area contributed by atoms with Crippen LogP contribution in [0.4, 0.5) is 0 Å². The van der Waals surface area contributed by atoms with Gasteiger partial charge in [0.25, 0.3) is 5.56 Å². The first-order valence-corrected chi connectivity index (χ1v) is 8.29. The van der Waals surface area contributed by atoms with E-state index < -0.39 is 0 Å². The van der Waals surface area contributed by atoms with E-state index in [1.165, 1.54) is 11.3 Å². The molecule has 0 saturated heterocycles. The topological polar surface area (TPSA) is 55.2 Å². The summed E-state index contributed by atoms with van der Waals surface area (Å²) in [6.07, 6.45) is 2.71. The van der Waals surface area contributed by atoms with E-state index in [0.29, 0.717) is 26.1 Å². The summed E-state index contributed by atoms with van der Waals surface area (Å²) in [4.78, 5) is 32.3. The maximum atomic E-state index is 12.7. The number of hydrogen-bond acceptors (Lipinski definition) is 4. The number of hydrogen-bond donors (Lipinski definition) is 0. The Kier molecular flexibility index (Phi) is 2.89. The van der Waals surface area contributed by atoms with Crippen LogP contribution in [0.5, 0.6) is 0 Å². The molecule has 0 atom stereocenters. The molecule has 0 bridgehead atoms. The van der Waals surface area contributed by atoms with Crippen molar-refractivity contribution in [1.29, 1.82) is 0 Å². The van der Waals surface area contributed by atoms with Crippen molar-refractivity contribution in [2.75, 3.05) is 13.1 Å². The van der Waals surface area contributed by atoms with Gasteiger partial charge in [0.2, 0.25) is 5.91 Å². The summed E-state index contributed by atoms with van der Waals surface area (Å²) >= 11 is 1.52. The molecule has 110 valence electrons. The van der Waals surface area contributed by atoms with Crippen LogP contribution < -0.4 is 5.56 Å². The summed E-state index contributed by atoms with van der Waals surface area (Å²) in [5, 5.41) is 2.73. The van der Waals surface area contributed by atoms with Gasteiger partial charge in [0, 0.05) is 32.0 Å². The molecule has 0 spiro atoms. The predicted octanol–water partition coefficient (Wildman–Crippen LogP) is 1.56. The Hall–Kier alpha value is -1.69. The second-order valence-electron chi connectivity index (χ2n) is 5.93. The zero-order valence-electron chi connectivity index (χ0n) is 12.0. The molecule has 6 heteroatoms. The molecular weight excluding hydrogens is 286 g/mol. The maximum absolute atomic E-state index is 12.7. The van der Waals surface area contributed by atoms with Crippen molar-refractivity contribution < 1.29 is 4.79 Å². The van der Waals surface area contributed by atoms with Crippen LogP contribution >= 0.6 is 11.3 Å². The molecule has 0 aromatic carbocycles. The quantitative estimate of drug-likeness (QED) is 0.803. The highest BCUT2D eigenvalue weighted by molar-refractivity contribution is 7.16. The van der Waals surface area contributed by atoms with Crippen LogP contribution in [0.1, 0.15) is 24.2 Å². The van der Waals surface area contributed by atoms with Gasteiger partial charge in [0.15, 0.2) is 0 Å². The first kappa shape index (κ1) is 13.0. The molecule has 1 saturated carbocycles. The number of amides is 1. The van der Waals surface area contributed by atoms with Gasteiger partial charge in [-0.1, -0.05) is 0 Å². The molecule has 1 amide bonds. The number of aromatic nitrogens is 2. The summed E-state index contributed by atoms with van der Waals surface area (Å²) in [7, 11) is 0. The minimum absolute atomic E-state index is 0.0504. The highest BCUT2D eigenvalue weighted by Gasteiger charge is 2.34.